The predicted octanol–water partition coefficient (Wildman–Crippen LogP) is -2.07. The van der Waals surface area contributed by atoms with Gasteiger partial charge in [-0.3, -0.25) is 0 Å². The fourth-order valence-electron chi connectivity index (χ4n) is 0.553. The van der Waals surface area contributed by atoms with Crippen molar-refractivity contribution in [2.75, 3.05) is 19.8 Å². The summed E-state index contributed by atoms with van der Waals surface area (Å²) in [5.41, 5.74) is 0. The Labute approximate surface area is 115 Å². The molecule has 0 bridgehead atoms. The smallest absolute Gasteiger partial charge is 1.00 e. The summed E-state index contributed by atoms with van der Waals surface area (Å²) in [6, 6.07) is 0. The first kappa shape index (κ1) is 15.2. The second-order valence-electron chi connectivity index (χ2n) is 1.65. The first-order chi connectivity index (χ1) is 4.85. The van der Waals surface area contributed by atoms with E-state index in [1.165, 1.54) is 0 Å². The third kappa shape index (κ3) is 9.65. The summed E-state index contributed by atoms with van der Waals surface area (Å²) >= 11 is 0. The zero-order valence-electron chi connectivity index (χ0n) is 8.92. The van der Waals surface area contributed by atoms with Crippen LogP contribution in [0.3, 0.4) is 0 Å². The summed E-state index contributed by atoms with van der Waals surface area (Å²) in [6.45, 7) is 7.86. The Morgan fingerprint density at radius 1 is 0.909 bits per heavy atom. The van der Waals surface area contributed by atoms with Crippen molar-refractivity contribution in [1.29, 1.82) is 0 Å². The molecule has 11 heavy (non-hydrogen) atoms. The average Bonchev–Trinajstić information content (AvgIpc) is 1.90. The molecule has 0 aromatic carbocycles. The van der Waals surface area contributed by atoms with Crippen molar-refractivity contribution >= 4 is 9.53 Å². The first-order valence-corrected chi connectivity index (χ1v) is 5.11. The summed E-state index contributed by atoms with van der Waals surface area (Å²) in [7, 11) is -1.73. The van der Waals surface area contributed by atoms with E-state index in [-0.39, 0.29) is 52.8 Å². The SMILES string of the molecule is CCO[SiH](OCC)OCC.[H-].[K+]. The minimum Gasteiger partial charge on any atom is -1.00 e. The fourth-order valence-corrected chi connectivity index (χ4v) is 1.66. The van der Waals surface area contributed by atoms with Crippen molar-refractivity contribution in [3.8, 4) is 0 Å². The van der Waals surface area contributed by atoms with Gasteiger partial charge < -0.3 is 14.7 Å². The van der Waals surface area contributed by atoms with Crippen LogP contribution < -0.4 is 51.4 Å². The van der Waals surface area contributed by atoms with E-state index in [0.29, 0.717) is 19.8 Å². The van der Waals surface area contributed by atoms with Gasteiger partial charge in [0.15, 0.2) is 0 Å². The molecule has 0 radical (unpaired) electrons. The van der Waals surface area contributed by atoms with Crippen LogP contribution in [-0.2, 0) is 13.3 Å². The van der Waals surface area contributed by atoms with Gasteiger partial charge in [0, 0.05) is 19.8 Å². The molecule has 0 rings (SSSR count). The molecule has 0 aromatic rings. The summed E-state index contributed by atoms with van der Waals surface area (Å²) in [4.78, 5) is 0. The summed E-state index contributed by atoms with van der Waals surface area (Å²) < 4.78 is 15.7. The van der Waals surface area contributed by atoms with Gasteiger partial charge in [0.1, 0.15) is 0 Å². The van der Waals surface area contributed by atoms with Crippen LogP contribution in [0, 0.1) is 0 Å². The first-order valence-electron chi connectivity index (χ1n) is 3.69. The largest absolute Gasteiger partial charge is 1.00 e. The Morgan fingerprint density at radius 3 is 1.36 bits per heavy atom. The Hall–Kier alpha value is 1.73. The molecule has 0 spiro atoms. The molecule has 64 valence electrons. The third-order valence-corrected chi connectivity index (χ3v) is 2.72. The Morgan fingerprint density at radius 2 is 1.18 bits per heavy atom. The molecule has 0 fully saturated rings. The van der Waals surface area contributed by atoms with E-state index in [1.54, 1.807) is 0 Å². The minimum absolute atomic E-state index is 0. The van der Waals surface area contributed by atoms with E-state index < -0.39 is 9.53 Å². The van der Waals surface area contributed by atoms with Gasteiger partial charge >= 0.3 is 60.9 Å². The molecule has 0 aliphatic heterocycles. The average molecular weight is 204 g/mol. The van der Waals surface area contributed by atoms with E-state index in [0.717, 1.165) is 0 Å². The van der Waals surface area contributed by atoms with Gasteiger partial charge in [-0.15, -0.1) is 0 Å². The van der Waals surface area contributed by atoms with Gasteiger partial charge in [-0.2, -0.15) is 0 Å². The van der Waals surface area contributed by atoms with Crippen LogP contribution >= 0.6 is 0 Å². The molecule has 5 heteroatoms. The van der Waals surface area contributed by atoms with E-state index in [9.17, 15) is 0 Å². The molecule has 0 N–H and O–H groups in total. The van der Waals surface area contributed by atoms with Crippen molar-refractivity contribution in [2.24, 2.45) is 0 Å². The fraction of sp³-hybridized carbons (Fsp3) is 1.00. The summed E-state index contributed by atoms with van der Waals surface area (Å²) in [6.07, 6.45) is 0. The number of hydrogen-bond donors (Lipinski definition) is 0. The summed E-state index contributed by atoms with van der Waals surface area (Å²) in [5, 5.41) is 0. The monoisotopic (exact) mass is 204 g/mol. The molecule has 0 saturated heterocycles. The van der Waals surface area contributed by atoms with Gasteiger partial charge in [0.05, 0.1) is 0 Å². The molecule has 0 unspecified atom stereocenters. The van der Waals surface area contributed by atoms with Crippen molar-refractivity contribution in [2.45, 2.75) is 20.8 Å². The van der Waals surface area contributed by atoms with Gasteiger partial charge in [0.25, 0.3) is 0 Å². The van der Waals surface area contributed by atoms with Crippen LogP contribution in [0.2, 0.25) is 0 Å². The molecular formula is C6H17KO3Si. The topological polar surface area (TPSA) is 27.7 Å². The third-order valence-electron chi connectivity index (χ3n) is 0.908. The van der Waals surface area contributed by atoms with E-state index in [1.807, 2.05) is 20.8 Å². The minimum atomic E-state index is -1.73. The van der Waals surface area contributed by atoms with Gasteiger partial charge in [-0.25, -0.2) is 0 Å². The molecule has 0 aliphatic carbocycles. The van der Waals surface area contributed by atoms with Crippen LogP contribution in [0.15, 0.2) is 0 Å². The quantitative estimate of drug-likeness (QED) is 0.465. The molecule has 0 amide bonds. The second kappa shape index (κ2) is 11.7. The number of rotatable bonds is 6. The Bertz CT molecular complexity index is 65.5. The van der Waals surface area contributed by atoms with Crippen molar-refractivity contribution in [3.05, 3.63) is 0 Å². The van der Waals surface area contributed by atoms with E-state index in [2.05, 4.69) is 0 Å². The van der Waals surface area contributed by atoms with Crippen molar-refractivity contribution < 1.29 is 66.1 Å². The zero-order valence-corrected chi connectivity index (χ0v) is 12.2. The maximum absolute atomic E-state index is 5.22. The Balaban J connectivity index is -0.000000405. The zero-order chi connectivity index (χ0) is 7.82. The van der Waals surface area contributed by atoms with Crippen LogP contribution in [0.1, 0.15) is 22.2 Å². The standard InChI is InChI=1S/C6H16O3Si.K.H/c1-4-7-10(8-5-2)9-6-3;;/h10H,4-6H2,1-3H3;;/q;+1;-1. The van der Waals surface area contributed by atoms with Crippen molar-refractivity contribution in [3.63, 3.8) is 0 Å². The van der Waals surface area contributed by atoms with Crippen LogP contribution in [0.4, 0.5) is 0 Å². The normalized spacial score (nSPS) is 9.82. The summed E-state index contributed by atoms with van der Waals surface area (Å²) in [5.74, 6) is 0. The van der Waals surface area contributed by atoms with E-state index >= 15 is 0 Å². The van der Waals surface area contributed by atoms with Crippen molar-refractivity contribution in [1.82, 2.24) is 0 Å². The maximum atomic E-state index is 5.22. The molecule has 0 heterocycles. The van der Waals surface area contributed by atoms with Crippen LogP contribution in [-0.4, -0.2) is 29.3 Å². The molecule has 0 atom stereocenters. The van der Waals surface area contributed by atoms with Crippen LogP contribution in [0.25, 0.3) is 0 Å². The molecular weight excluding hydrogens is 187 g/mol. The number of hydrogen-bond acceptors (Lipinski definition) is 3. The second-order valence-corrected chi connectivity index (χ2v) is 3.23. The molecule has 0 saturated carbocycles. The predicted molar refractivity (Wildman–Crippen MR) is 43.1 cm³/mol. The maximum Gasteiger partial charge on any atom is 1.00 e. The van der Waals surface area contributed by atoms with Gasteiger partial charge in [0.2, 0.25) is 0 Å². The van der Waals surface area contributed by atoms with Gasteiger partial charge in [-0.1, -0.05) is 0 Å². The van der Waals surface area contributed by atoms with Crippen LogP contribution in [0.5, 0.6) is 0 Å². The molecule has 0 aliphatic rings. The Kier molecular flexibility index (Phi) is 16.2. The van der Waals surface area contributed by atoms with Gasteiger partial charge in [-0.05, 0) is 20.8 Å². The molecule has 0 aromatic heterocycles. The molecule has 3 nitrogen and oxygen atoms in total. The van der Waals surface area contributed by atoms with E-state index in [4.69, 9.17) is 13.3 Å².